The van der Waals surface area contributed by atoms with Crippen LogP contribution in [0.25, 0.3) is 22.7 Å². The van der Waals surface area contributed by atoms with Gasteiger partial charge >= 0.3 is 0 Å². The predicted molar refractivity (Wildman–Crippen MR) is 114 cm³/mol. The molecular formula is C25H23NO. The second-order valence-electron chi connectivity index (χ2n) is 6.92. The van der Waals surface area contributed by atoms with E-state index < -0.39 is 0 Å². The SMILES string of the molecule is COc1ccc2c(ccn2/C(=C\c2cccc(C)c2)c2cccc(C)c2)c1. The van der Waals surface area contributed by atoms with E-state index in [9.17, 15) is 0 Å². The molecule has 134 valence electrons. The van der Waals surface area contributed by atoms with E-state index >= 15 is 0 Å². The van der Waals surface area contributed by atoms with Crippen molar-refractivity contribution in [2.24, 2.45) is 0 Å². The van der Waals surface area contributed by atoms with E-state index in [1.54, 1.807) is 7.11 Å². The Hall–Kier alpha value is -3.26. The molecule has 3 aromatic carbocycles. The molecule has 1 heterocycles. The van der Waals surface area contributed by atoms with Crippen molar-refractivity contribution in [3.05, 3.63) is 101 Å². The second kappa shape index (κ2) is 7.16. The number of ether oxygens (including phenoxy) is 1. The first-order valence-corrected chi connectivity index (χ1v) is 9.15. The smallest absolute Gasteiger partial charge is 0.119 e. The maximum absolute atomic E-state index is 5.38. The van der Waals surface area contributed by atoms with Crippen molar-refractivity contribution >= 4 is 22.7 Å². The Balaban J connectivity index is 1.93. The summed E-state index contributed by atoms with van der Waals surface area (Å²) >= 11 is 0. The van der Waals surface area contributed by atoms with Crippen molar-refractivity contribution in [3.8, 4) is 5.75 Å². The fourth-order valence-electron chi connectivity index (χ4n) is 3.47. The van der Waals surface area contributed by atoms with Gasteiger partial charge in [0.05, 0.1) is 18.3 Å². The lowest BCUT2D eigenvalue weighted by molar-refractivity contribution is 0.415. The molecule has 0 aliphatic rings. The summed E-state index contributed by atoms with van der Waals surface area (Å²) in [5.41, 5.74) is 7.22. The van der Waals surface area contributed by atoms with Gasteiger partial charge in [-0.1, -0.05) is 53.6 Å². The van der Waals surface area contributed by atoms with Crippen LogP contribution in [0.2, 0.25) is 0 Å². The normalized spacial score (nSPS) is 11.7. The van der Waals surface area contributed by atoms with Gasteiger partial charge in [-0.25, -0.2) is 0 Å². The average Bonchev–Trinajstić information content (AvgIpc) is 3.09. The van der Waals surface area contributed by atoms with Crippen LogP contribution in [-0.2, 0) is 0 Å². The van der Waals surface area contributed by atoms with Crippen LogP contribution in [0, 0.1) is 13.8 Å². The topological polar surface area (TPSA) is 14.2 Å². The first-order valence-electron chi connectivity index (χ1n) is 9.15. The second-order valence-corrected chi connectivity index (χ2v) is 6.92. The highest BCUT2D eigenvalue weighted by Crippen LogP contribution is 2.29. The molecule has 0 atom stereocenters. The summed E-state index contributed by atoms with van der Waals surface area (Å²) in [6.07, 6.45) is 4.39. The maximum Gasteiger partial charge on any atom is 0.119 e. The molecule has 4 aromatic rings. The van der Waals surface area contributed by atoms with Crippen LogP contribution in [0.5, 0.6) is 5.75 Å². The van der Waals surface area contributed by atoms with Gasteiger partial charge < -0.3 is 9.30 Å². The van der Waals surface area contributed by atoms with Crippen LogP contribution in [0.4, 0.5) is 0 Å². The van der Waals surface area contributed by atoms with Crippen LogP contribution in [0.15, 0.2) is 79.0 Å². The molecule has 4 rings (SSSR count). The summed E-state index contributed by atoms with van der Waals surface area (Å²) in [4.78, 5) is 0. The number of methoxy groups -OCH3 is 1. The van der Waals surface area contributed by atoms with Crippen molar-refractivity contribution in [1.82, 2.24) is 4.57 Å². The molecular weight excluding hydrogens is 330 g/mol. The zero-order chi connectivity index (χ0) is 18.8. The van der Waals surface area contributed by atoms with Gasteiger partial charge in [-0.2, -0.15) is 0 Å². The Morgan fingerprint density at radius 3 is 2.37 bits per heavy atom. The van der Waals surface area contributed by atoms with Crippen molar-refractivity contribution in [3.63, 3.8) is 0 Å². The molecule has 1 aromatic heterocycles. The number of fused-ring (bicyclic) bond motifs is 1. The average molecular weight is 353 g/mol. The Kier molecular flexibility index (Phi) is 4.55. The minimum absolute atomic E-state index is 0.875. The molecule has 0 unspecified atom stereocenters. The van der Waals surface area contributed by atoms with Crippen molar-refractivity contribution in [2.75, 3.05) is 7.11 Å². The molecule has 0 saturated carbocycles. The van der Waals surface area contributed by atoms with Gasteiger partial charge in [-0.05, 0) is 61.4 Å². The quantitative estimate of drug-likeness (QED) is 0.392. The fourth-order valence-corrected chi connectivity index (χ4v) is 3.47. The molecule has 0 aliphatic heterocycles. The first kappa shape index (κ1) is 17.2. The number of benzene rings is 3. The Morgan fingerprint density at radius 1 is 0.852 bits per heavy atom. The minimum Gasteiger partial charge on any atom is -0.497 e. The summed E-state index contributed by atoms with van der Waals surface area (Å²) in [7, 11) is 1.70. The molecule has 0 radical (unpaired) electrons. The van der Waals surface area contributed by atoms with Crippen LogP contribution < -0.4 is 4.74 Å². The first-order chi connectivity index (χ1) is 13.1. The van der Waals surface area contributed by atoms with Crippen LogP contribution in [0.3, 0.4) is 0 Å². The number of hydrogen-bond acceptors (Lipinski definition) is 1. The standard InChI is InChI=1S/C25H23NO/c1-18-6-4-8-20(14-18)16-25(21-9-5-7-19(2)15-21)26-13-12-22-17-23(27-3)10-11-24(22)26/h4-17H,1-3H3/b25-16-. The molecule has 0 N–H and O–H groups in total. The summed E-state index contributed by atoms with van der Waals surface area (Å²) < 4.78 is 7.63. The summed E-state index contributed by atoms with van der Waals surface area (Å²) in [6, 6.07) is 25.6. The van der Waals surface area contributed by atoms with E-state index in [4.69, 9.17) is 4.74 Å². The highest BCUT2D eigenvalue weighted by Gasteiger charge is 2.10. The predicted octanol–water partition coefficient (Wildman–Crippen LogP) is 6.31. The lowest BCUT2D eigenvalue weighted by Gasteiger charge is -2.13. The lowest BCUT2D eigenvalue weighted by Crippen LogP contribution is -1.98. The molecule has 0 bridgehead atoms. The third-order valence-electron chi connectivity index (χ3n) is 4.82. The van der Waals surface area contributed by atoms with Gasteiger partial charge in [-0.3, -0.25) is 0 Å². The molecule has 0 aliphatic carbocycles. The van der Waals surface area contributed by atoms with E-state index in [-0.39, 0.29) is 0 Å². The van der Waals surface area contributed by atoms with Gasteiger partial charge in [0.25, 0.3) is 0 Å². The lowest BCUT2D eigenvalue weighted by atomic mass is 10.0. The number of aromatic nitrogens is 1. The summed E-state index contributed by atoms with van der Waals surface area (Å²) in [5.74, 6) is 0.875. The van der Waals surface area contributed by atoms with Gasteiger partial charge in [0, 0.05) is 11.6 Å². The Labute approximate surface area is 160 Å². The van der Waals surface area contributed by atoms with Crippen molar-refractivity contribution < 1.29 is 4.74 Å². The number of hydrogen-bond donors (Lipinski definition) is 0. The van der Waals surface area contributed by atoms with Crippen LogP contribution >= 0.6 is 0 Å². The highest BCUT2D eigenvalue weighted by molar-refractivity contribution is 5.91. The summed E-state index contributed by atoms with van der Waals surface area (Å²) in [6.45, 7) is 4.26. The van der Waals surface area contributed by atoms with E-state index in [0.29, 0.717) is 0 Å². The fraction of sp³-hybridized carbons (Fsp3) is 0.120. The maximum atomic E-state index is 5.38. The van der Waals surface area contributed by atoms with Crippen molar-refractivity contribution in [1.29, 1.82) is 0 Å². The molecule has 0 amide bonds. The molecule has 2 nitrogen and oxygen atoms in total. The Morgan fingerprint density at radius 2 is 1.63 bits per heavy atom. The minimum atomic E-state index is 0.875. The van der Waals surface area contributed by atoms with Gasteiger partial charge in [0.15, 0.2) is 0 Å². The van der Waals surface area contributed by atoms with Gasteiger partial charge in [0.1, 0.15) is 5.75 Å². The Bertz CT molecular complexity index is 1130. The molecule has 2 heteroatoms. The third-order valence-corrected chi connectivity index (χ3v) is 4.82. The third kappa shape index (κ3) is 3.52. The molecule has 27 heavy (non-hydrogen) atoms. The number of aryl methyl sites for hydroxylation is 2. The monoisotopic (exact) mass is 353 g/mol. The van der Waals surface area contributed by atoms with Gasteiger partial charge in [0.2, 0.25) is 0 Å². The molecule has 0 saturated heterocycles. The van der Waals surface area contributed by atoms with Crippen LogP contribution in [-0.4, -0.2) is 11.7 Å². The number of nitrogens with zero attached hydrogens (tertiary/aromatic N) is 1. The highest BCUT2D eigenvalue weighted by atomic mass is 16.5. The largest absolute Gasteiger partial charge is 0.497 e. The van der Waals surface area contributed by atoms with E-state index in [1.165, 1.54) is 22.3 Å². The summed E-state index contributed by atoms with van der Waals surface area (Å²) in [5, 5.41) is 1.16. The van der Waals surface area contributed by atoms with E-state index in [0.717, 1.165) is 22.3 Å². The van der Waals surface area contributed by atoms with Crippen LogP contribution in [0.1, 0.15) is 22.3 Å². The zero-order valence-electron chi connectivity index (χ0n) is 15.9. The van der Waals surface area contributed by atoms with Gasteiger partial charge in [-0.15, -0.1) is 0 Å². The van der Waals surface area contributed by atoms with Crippen molar-refractivity contribution in [2.45, 2.75) is 13.8 Å². The van der Waals surface area contributed by atoms with E-state index in [1.807, 2.05) is 6.07 Å². The zero-order valence-corrected chi connectivity index (χ0v) is 15.9. The number of rotatable bonds is 4. The molecule has 0 spiro atoms. The van der Waals surface area contributed by atoms with E-state index in [2.05, 4.69) is 97.4 Å². The molecule has 0 fully saturated rings.